The van der Waals surface area contributed by atoms with Gasteiger partial charge in [0, 0.05) is 6.04 Å². The van der Waals surface area contributed by atoms with Crippen molar-refractivity contribution in [3.05, 3.63) is 24.3 Å². The fraction of sp³-hybridized carbons (Fsp3) is 0.714. The van der Waals surface area contributed by atoms with Gasteiger partial charge in [0.1, 0.15) is 0 Å². The topological polar surface area (TPSA) is 12.0 Å². The quantitative estimate of drug-likeness (QED) is 0.629. The maximum Gasteiger partial charge on any atom is 0.0275 e. The van der Waals surface area contributed by atoms with E-state index in [0.717, 1.165) is 0 Å². The van der Waals surface area contributed by atoms with Gasteiger partial charge in [0.25, 0.3) is 0 Å². The van der Waals surface area contributed by atoms with E-state index in [4.69, 9.17) is 0 Å². The van der Waals surface area contributed by atoms with E-state index in [2.05, 4.69) is 57.3 Å². The SMILES string of the molecule is CCCC(C)C(/C=C/C=C/C(C)C)NC. The first kappa shape index (κ1) is 14.4. The van der Waals surface area contributed by atoms with Gasteiger partial charge in [-0.25, -0.2) is 0 Å². The molecular formula is C14H27N. The van der Waals surface area contributed by atoms with E-state index in [0.29, 0.717) is 17.9 Å². The molecule has 1 nitrogen and oxygen atoms in total. The Morgan fingerprint density at radius 2 is 1.67 bits per heavy atom. The van der Waals surface area contributed by atoms with E-state index in [1.165, 1.54) is 12.8 Å². The van der Waals surface area contributed by atoms with Gasteiger partial charge in [-0.1, -0.05) is 58.4 Å². The van der Waals surface area contributed by atoms with Crippen molar-refractivity contribution >= 4 is 0 Å². The van der Waals surface area contributed by atoms with Crippen molar-refractivity contribution in [2.45, 2.75) is 46.6 Å². The molecule has 2 atom stereocenters. The second-order valence-electron chi connectivity index (χ2n) is 4.59. The Balaban J connectivity index is 4.08. The zero-order chi connectivity index (χ0) is 11.7. The highest BCUT2D eigenvalue weighted by Gasteiger charge is 2.09. The third kappa shape index (κ3) is 7.38. The molecule has 0 heterocycles. The fourth-order valence-electron chi connectivity index (χ4n) is 1.68. The molecule has 15 heavy (non-hydrogen) atoms. The van der Waals surface area contributed by atoms with E-state index in [-0.39, 0.29) is 0 Å². The molecule has 0 bridgehead atoms. The predicted octanol–water partition coefficient (Wildman–Crippen LogP) is 3.78. The molecule has 88 valence electrons. The molecule has 0 aliphatic carbocycles. The van der Waals surface area contributed by atoms with E-state index >= 15 is 0 Å². The van der Waals surface area contributed by atoms with Crippen molar-refractivity contribution in [1.29, 1.82) is 0 Å². The Morgan fingerprint density at radius 1 is 1.07 bits per heavy atom. The number of nitrogens with one attached hydrogen (secondary N) is 1. The maximum absolute atomic E-state index is 3.35. The number of allylic oxidation sites excluding steroid dienone is 3. The van der Waals surface area contributed by atoms with Crippen LogP contribution in [0.25, 0.3) is 0 Å². The van der Waals surface area contributed by atoms with E-state index in [1.807, 2.05) is 7.05 Å². The minimum Gasteiger partial charge on any atom is -0.313 e. The predicted molar refractivity (Wildman–Crippen MR) is 70.0 cm³/mol. The van der Waals surface area contributed by atoms with Crippen LogP contribution in [0.15, 0.2) is 24.3 Å². The number of rotatable bonds is 7. The second kappa shape index (κ2) is 8.72. The first-order chi connectivity index (χ1) is 7.11. The highest BCUT2D eigenvalue weighted by Crippen LogP contribution is 2.11. The van der Waals surface area contributed by atoms with Gasteiger partial charge in [0.15, 0.2) is 0 Å². The van der Waals surface area contributed by atoms with Crippen molar-refractivity contribution in [1.82, 2.24) is 5.32 Å². The second-order valence-corrected chi connectivity index (χ2v) is 4.59. The number of hydrogen-bond acceptors (Lipinski definition) is 1. The van der Waals surface area contributed by atoms with E-state index in [9.17, 15) is 0 Å². The highest BCUT2D eigenvalue weighted by molar-refractivity contribution is 5.07. The summed E-state index contributed by atoms with van der Waals surface area (Å²) >= 11 is 0. The van der Waals surface area contributed by atoms with Crippen LogP contribution >= 0.6 is 0 Å². The minimum absolute atomic E-state index is 0.502. The summed E-state index contributed by atoms with van der Waals surface area (Å²) in [5, 5.41) is 3.35. The lowest BCUT2D eigenvalue weighted by Crippen LogP contribution is -2.29. The van der Waals surface area contributed by atoms with Gasteiger partial charge < -0.3 is 5.32 Å². The van der Waals surface area contributed by atoms with Crippen LogP contribution in [-0.4, -0.2) is 13.1 Å². The number of likely N-dealkylation sites (N-methyl/N-ethyl adjacent to an activating group) is 1. The summed E-state index contributed by atoms with van der Waals surface area (Å²) in [4.78, 5) is 0. The summed E-state index contributed by atoms with van der Waals surface area (Å²) in [6, 6.07) is 0.502. The lowest BCUT2D eigenvalue weighted by atomic mass is 9.96. The summed E-state index contributed by atoms with van der Waals surface area (Å²) in [6.07, 6.45) is 11.3. The smallest absolute Gasteiger partial charge is 0.0275 e. The van der Waals surface area contributed by atoms with Gasteiger partial charge >= 0.3 is 0 Å². The maximum atomic E-state index is 3.35. The average Bonchev–Trinajstić information content (AvgIpc) is 2.17. The van der Waals surface area contributed by atoms with Crippen LogP contribution in [0.2, 0.25) is 0 Å². The Labute approximate surface area is 95.7 Å². The lowest BCUT2D eigenvalue weighted by Gasteiger charge is -2.19. The highest BCUT2D eigenvalue weighted by atomic mass is 14.9. The minimum atomic E-state index is 0.502. The lowest BCUT2D eigenvalue weighted by molar-refractivity contribution is 0.428. The van der Waals surface area contributed by atoms with Crippen molar-refractivity contribution < 1.29 is 0 Å². The third-order valence-corrected chi connectivity index (χ3v) is 2.62. The van der Waals surface area contributed by atoms with Crippen molar-refractivity contribution in [3.8, 4) is 0 Å². The standard InChI is InChI=1S/C14H27N/c1-6-9-13(4)14(15-5)11-8-7-10-12(2)3/h7-8,10-15H,6,9H2,1-5H3/b10-7+,11-8+. The molecule has 0 aliphatic rings. The van der Waals surface area contributed by atoms with Gasteiger partial charge in [0.2, 0.25) is 0 Å². The Bertz CT molecular complexity index is 192. The third-order valence-electron chi connectivity index (χ3n) is 2.62. The Morgan fingerprint density at radius 3 is 2.13 bits per heavy atom. The molecule has 0 spiro atoms. The molecule has 0 rings (SSSR count). The first-order valence-corrected chi connectivity index (χ1v) is 6.14. The molecule has 0 aromatic heterocycles. The molecule has 0 aromatic carbocycles. The van der Waals surface area contributed by atoms with Crippen LogP contribution in [0.1, 0.15) is 40.5 Å². The van der Waals surface area contributed by atoms with Crippen molar-refractivity contribution in [2.75, 3.05) is 7.05 Å². The monoisotopic (exact) mass is 209 g/mol. The van der Waals surface area contributed by atoms with Crippen molar-refractivity contribution in [3.63, 3.8) is 0 Å². The van der Waals surface area contributed by atoms with Gasteiger partial charge in [-0.2, -0.15) is 0 Å². The molecular weight excluding hydrogens is 182 g/mol. The Hall–Kier alpha value is -0.560. The van der Waals surface area contributed by atoms with Crippen LogP contribution in [0.5, 0.6) is 0 Å². The molecule has 0 aliphatic heterocycles. The molecule has 0 amide bonds. The molecule has 0 aromatic rings. The molecule has 1 N–H and O–H groups in total. The zero-order valence-electron chi connectivity index (χ0n) is 11.0. The molecule has 0 saturated heterocycles. The van der Waals surface area contributed by atoms with Gasteiger partial charge in [-0.3, -0.25) is 0 Å². The normalized spacial score (nSPS) is 16.7. The summed E-state index contributed by atoms with van der Waals surface area (Å²) in [6.45, 7) is 8.94. The summed E-state index contributed by atoms with van der Waals surface area (Å²) in [5.41, 5.74) is 0. The molecule has 0 saturated carbocycles. The van der Waals surface area contributed by atoms with Gasteiger partial charge in [0.05, 0.1) is 0 Å². The first-order valence-electron chi connectivity index (χ1n) is 6.14. The van der Waals surface area contributed by atoms with Crippen LogP contribution in [0, 0.1) is 11.8 Å². The average molecular weight is 209 g/mol. The molecule has 2 unspecified atom stereocenters. The zero-order valence-corrected chi connectivity index (χ0v) is 11.0. The number of hydrogen-bond donors (Lipinski definition) is 1. The molecule has 0 radical (unpaired) electrons. The summed E-state index contributed by atoms with van der Waals surface area (Å²) in [5.74, 6) is 1.35. The van der Waals surface area contributed by atoms with Crippen LogP contribution in [0.4, 0.5) is 0 Å². The van der Waals surface area contributed by atoms with Gasteiger partial charge in [-0.05, 0) is 25.3 Å². The summed E-state index contributed by atoms with van der Waals surface area (Å²) in [7, 11) is 2.04. The largest absolute Gasteiger partial charge is 0.313 e. The van der Waals surface area contributed by atoms with E-state index in [1.54, 1.807) is 0 Å². The van der Waals surface area contributed by atoms with E-state index < -0.39 is 0 Å². The fourth-order valence-corrected chi connectivity index (χ4v) is 1.68. The molecule has 1 heteroatoms. The Kier molecular flexibility index (Phi) is 8.40. The summed E-state index contributed by atoms with van der Waals surface area (Å²) < 4.78 is 0. The van der Waals surface area contributed by atoms with Crippen LogP contribution in [-0.2, 0) is 0 Å². The molecule has 0 fully saturated rings. The van der Waals surface area contributed by atoms with Gasteiger partial charge in [-0.15, -0.1) is 0 Å². The van der Waals surface area contributed by atoms with Crippen LogP contribution in [0.3, 0.4) is 0 Å². The van der Waals surface area contributed by atoms with Crippen LogP contribution < -0.4 is 5.32 Å². The van der Waals surface area contributed by atoms with Crippen molar-refractivity contribution in [2.24, 2.45) is 11.8 Å².